The van der Waals surface area contributed by atoms with Gasteiger partial charge in [0, 0.05) is 41.8 Å². The molecule has 8 nitrogen and oxygen atoms in total. The summed E-state index contributed by atoms with van der Waals surface area (Å²) in [6.45, 7) is 3.81. The zero-order valence-corrected chi connectivity index (χ0v) is 20.9. The molecule has 0 aliphatic heterocycles. The molecule has 0 unspecified atom stereocenters. The highest BCUT2D eigenvalue weighted by molar-refractivity contribution is 9.10. The lowest BCUT2D eigenvalue weighted by atomic mass is 10.1. The lowest BCUT2D eigenvalue weighted by molar-refractivity contribution is -0.142. The lowest BCUT2D eigenvalue weighted by Gasteiger charge is -2.16. The van der Waals surface area contributed by atoms with Gasteiger partial charge in [0.25, 0.3) is 5.56 Å². The number of hydrogen-bond donors (Lipinski definition) is 0. The number of benzene rings is 2. The third kappa shape index (κ3) is 5.60. The first-order valence-electron chi connectivity index (χ1n) is 10.5. The topological polar surface area (TPSA) is 86.0 Å². The van der Waals surface area contributed by atoms with Crippen LogP contribution in [-0.2, 0) is 9.53 Å². The van der Waals surface area contributed by atoms with Crippen LogP contribution in [0.5, 0.6) is 5.75 Å². The van der Waals surface area contributed by atoms with Crippen molar-refractivity contribution in [2.75, 3.05) is 32.7 Å². The van der Waals surface area contributed by atoms with Crippen molar-refractivity contribution in [2.45, 2.75) is 26.2 Å². The van der Waals surface area contributed by atoms with Crippen LogP contribution in [0.1, 0.15) is 37.6 Å². The Hall–Kier alpha value is -3.20. The van der Waals surface area contributed by atoms with Gasteiger partial charge in [-0.05, 0) is 36.8 Å². The summed E-state index contributed by atoms with van der Waals surface area (Å²) in [5.74, 6) is 0.558. The number of rotatable bonds is 8. The molecule has 3 aromatic rings. The number of hydrogen-bond acceptors (Lipinski definition) is 7. The Morgan fingerprint density at radius 3 is 2.70 bits per heavy atom. The van der Waals surface area contributed by atoms with Crippen LogP contribution in [0, 0.1) is 0 Å². The van der Waals surface area contributed by atoms with Crippen LogP contribution in [0.25, 0.3) is 10.9 Å². The van der Waals surface area contributed by atoms with E-state index >= 15 is 0 Å². The minimum Gasteiger partial charge on any atom is -0.481 e. The van der Waals surface area contributed by atoms with Gasteiger partial charge < -0.3 is 14.4 Å². The van der Waals surface area contributed by atoms with E-state index in [2.05, 4.69) is 25.8 Å². The first-order chi connectivity index (χ1) is 15.7. The Morgan fingerprint density at radius 1 is 1.27 bits per heavy atom. The number of fused-ring (bicyclic) bond motifs is 1. The van der Waals surface area contributed by atoms with Gasteiger partial charge in [-0.2, -0.15) is 9.78 Å². The molecule has 1 aromatic heterocycles. The number of esters is 1. The average Bonchev–Trinajstić information content (AvgIpc) is 2.81. The summed E-state index contributed by atoms with van der Waals surface area (Å²) in [5, 5.41) is 4.97. The normalized spacial score (nSPS) is 12.2. The zero-order valence-electron chi connectivity index (χ0n) is 19.3. The number of methoxy groups -OCH3 is 1. The zero-order chi connectivity index (χ0) is 24.1. The van der Waals surface area contributed by atoms with Crippen molar-refractivity contribution in [3.05, 3.63) is 62.6 Å². The van der Waals surface area contributed by atoms with Gasteiger partial charge in [0.05, 0.1) is 24.2 Å². The van der Waals surface area contributed by atoms with Gasteiger partial charge in [0.2, 0.25) is 0 Å². The van der Waals surface area contributed by atoms with Gasteiger partial charge in [-0.1, -0.05) is 29.8 Å². The van der Waals surface area contributed by atoms with Crippen molar-refractivity contribution in [2.24, 2.45) is 5.10 Å². The molecule has 0 spiro atoms. The highest BCUT2D eigenvalue weighted by Gasteiger charge is 2.16. The number of ether oxygens (including phenoxy) is 2. The number of nitrogens with zero attached hydrogens (tertiary/aromatic N) is 4. The number of anilines is 1. The molecule has 174 valence electrons. The first-order valence-corrected chi connectivity index (χ1v) is 11.3. The maximum atomic E-state index is 13.3. The van der Waals surface area contributed by atoms with Crippen molar-refractivity contribution in [1.82, 2.24) is 9.66 Å². The van der Waals surface area contributed by atoms with E-state index in [0.29, 0.717) is 28.0 Å². The van der Waals surface area contributed by atoms with Crippen LogP contribution in [0.15, 0.2) is 50.8 Å². The molecule has 2 aromatic carbocycles. The van der Waals surface area contributed by atoms with Crippen molar-refractivity contribution >= 4 is 44.7 Å². The van der Waals surface area contributed by atoms with E-state index in [1.807, 2.05) is 57.1 Å². The molecule has 0 bridgehead atoms. The minimum atomic E-state index is -0.493. The molecular formula is C24H27BrN4O4. The summed E-state index contributed by atoms with van der Waals surface area (Å²) in [4.78, 5) is 31.5. The quantitative estimate of drug-likeness (QED) is 0.331. The summed E-state index contributed by atoms with van der Waals surface area (Å²) < 4.78 is 12.5. The summed E-state index contributed by atoms with van der Waals surface area (Å²) in [5.41, 5.74) is 1.87. The fourth-order valence-electron chi connectivity index (χ4n) is 3.13. The minimum absolute atomic E-state index is 0.0223. The predicted octanol–water partition coefficient (Wildman–Crippen LogP) is 4.17. The molecule has 0 aliphatic rings. The highest BCUT2D eigenvalue weighted by Crippen LogP contribution is 2.25. The fraction of sp³-hybridized carbons (Fsp3) is 0.333. The molecule has 0 saturated heterocycles. The second-order valence-electron chi connectivity index (χ2n) is 7.78. The van der Waals surface area contributed by atoms with Crippen molar-refractivity contribution in [3.8, 4) is 5.75 Å². The standard InChI is InChI=1S/C24H27BrN4O4/c1-6-15(2)23-27-20-10-8-17(25)11-19(20)24(31)29(23)26-13-16-7-9-18(28(3)4)12-21(16)33-14-22(30)32-5/h7-13,15H,6,14H2,1-5H3/t15-/m0/s1. The predicted molar refractivity (Wildman–Crippen MR) is 134 cm³/mol. The van der Waals surface area contributed by atoms with E-state index in [0.717, 1.165) is 16.6 Å². The third-order valence-electron chi connectivity index (χ3n) is 5.29. The molecule has 0 saturated carbocycles. The molecule has 1 heterocycles. The Bertz CT molecular complexity index is 1250. The first kappa shape index (κ1) is 24.4. The van der Waals surface area contributed by atoms with Crippen molar-refractivity contribution < 1.29 is 14.3 Å². The summed E-state index contributed by atoms with van der Waals surface area (Å²) in [6.07, 6.45) is 2.35. The molecule has 3 rings (SSSR count). The Labute approximate surface area is 201 Å². The summed E-state index contributed by atoms with van der Waals surface area (Å²) >= 11 is 3.42. The second kappa shape index (κ2) is 10.6. The monoisotopic (exact) mass is 514 g/mol. The number of carbonyl (C=O) groups excluding carboxylic acids is 1. The molecule has 0 radical (unpaired) electrons. The van der Waals surface area contributed by atoms with E-state index in [1.54, 1.807) is 18.3 Å². The lowest BCUT2D eigenvalue weighted by Crippen LogP contribution is -2.23. The molecule has 0 aliphatic carbocycles. The SMILES string of the molecule is CC[C@H](C)c1nc2ccc(Br)cc2c(=O)n1N=Cc1ccc(N(C)C)cc1OCC(=O)OC. The summed E-state index contributed by atoms with van der Waals surface area (Å²) in [6, 6.07) is 11.0. The van der Waals surface area contributed by atoms with Crippen LogP contribution >= 0.6 is 15.9 Å². The van der Waals surface area contributed by atoms with Gasteiger partial charge in [-0.3, -0.25) is 4.79 Å². The van der Waals surface area contributed by atoms with E-state index in [-0.39, 0.29) is 18.1 Å². The van der Waals surface area contributed by atoms with Crippen LogP contribution in [-0.4, -0.2) is 49.7 Å². The molecule has 9 heteroatoms. The van der Waals surface area contributed by atoms with Crippen molar-refractivity contribution in [3.63, 3.8) is 0 Å². The molecule has 0 amide bonds. The van der Waals surface area contributed by atoms with Crippen LogP contribution in [0.2, 0.25) is 0 Å². The Morgan fingerprint density at radius 2 is 2.03 bits per heavy atom. The molecule has 1 atom stereocenters. The van der Waals surface area contributed by atoms with Crippen LogP contribution < -0.4 is 15.2 Å². The second-order valence-corrected chi connectivity index (χ2v) is 8.70. The Balaban J connectivity index is 2.11. The maximum Gasteiger partial charge on any atom is 0.343 e. The Kier molecular flexibility index (Phi) is 7.86. The van der Waals surface area contributed by atoms with Gasteiger partial charge in [0.1, 0.15) is 11.6 Å². The van der Waals surface area contributed by atoms with Crippen molar-refractivity contribution in [1.29, 1.82) is 0 Å². The smallest absolute Gasteiger partial charge is 0.343 e. The van der Waals surface area contributed by atoms with E-state index in [1.165, 1.54) is 11.8 Å². The van der Waals surface area contributed by atoms with E-state index in [9.17, 15) is 9.59 Å². The van der Waals surface area contributed by atoms with Crippen LogP contribution in [0.3, 0.4) is 0 Å². The van der Waals surface area contributed by atoms with Gasteiger partial charge in [0.15, 0.2) is 6.61 Å². The largest absolute Gasteiger partial charge is 0.481 e. The summed E-state index contributed by atoms with van der Waals surface area (Å²) in [7, 11) is 5.12. The van der Waals surface area contributed by atoms with Gasteiger partial charge >= 0.3 is 5.97 Å². The molecule has 33 heavy (non-hydrogen) atoms. The third-order valence-corrected chi connectivity index (χ3v) is 5.78. The molecular weight excluding hydrogens is 488 g/mol. The van der Waals surface area contributed by atoms with Crippen LogP contribution in [0.4, 0.5) is 5.69 Å². The van der Waals surface area contributed by atoms with E-state index in [4.69, 9.17) is 9.72 Å². The highest BCUT2D eigenvalue weighted by atomic mass is 79.9. The van der Waals surface area contributed by atoms with Gasteiger partial charge in [-0.15, -0.1) is 0 Å². The fourth-order valence-corrected chi connectivity index (χ4v) is 3.49. The molecule has 0 fully saturated rings. The maximum absolute atomic E-state index is 13.3. The number of aromatic nitrogens is 2. The number of halogens is 1. The van der Waals surface area contributed by atoms with E-state index < -0.39 is 5.97 Å². The molecule has 0 N–H and O–H groups in total. The van der Waals surface area contributed by atoms with Gasteiger partial charge in [-0.25, -0.2) is 9.78 Å². The number of carbonyl (C=O) groups is 1. The average molecular weight is 515 g/mol.